The van der Waals surface area contributed by atoms with E-state index in [9.17, 15) is 14.4 Å². The maximum Gasteiger partial charge on any atom is 0.407 e. The van der Waals surface area contributed by atoms with E-state index < -0.39 is 30.1 Å². The Bertz CT molecular complexity index is 1140. The third kappa shape index (κ3) is 5.03. The van der Waals surface area contributed by atoms with E-state index in [1.807, 2.05) is 48.5 Å². The van der Waals surface area contributed by atoms with Crippen LogP contribution in [0, 0.1) is 0 Å². The molecule has 0 saturated carbocycles. The normalized spacial score (nSPS) is 13.9. The standard InChI is InChI=1S/C23H24N6O5/c1-13(21-26-28-29-27-21)24-22(32)19(10-11-20(30)31)25-23(33)34-12-18-16-8-4-2-6-14(16)15-7-3-5-9-17(15)18/h2-9,13,18-19H,10-12H2,1H3,(H,24,32)(H,25,33)(H,30,31)(H,26,27,28,29). The highest BCUT2D eigenvalue weighted by molar-refractivity contribution is 5.86. The number of hydrogen-bond donors (Lipinski definition) is 4. The number of carbonyl (C=O) groups excluding carboxylic acids is 2. The zero-order valence-electron chi connectivity index (χ0n) is 18.4. The number of ether oxygens (including phenoxy) is 1. The van der Waals surface area contributed by atoms with E-state index in [0.717, 1.165) is 22.3 Å². The van der Waals surface area contributed by atoms with E-state index in [1.54, 1.807) is 6.92 Å². The Hall–Kier alpha value is -4.28. The summed E-state index contributed by atoms with van der Waals surface area (Å²) >= 11 is 0. The first-order chi connectivity index (χ1) is 16.4. The number of aromatic amines is 1. The van der Waals surface area contributed by atoms with E-state index in [1.165, 1.54) is 0 Å². The van der Waals surface area contributed by atoms with Gasteiger partial charge in [0.15, 0.2) is 5.82 Å². The number of benzene rings is 2. The van der Waals surface area contributed by atoms with Crippen LogP contribution < -0.4 is 10.6 Å². The van der Waals surface area contributed by atoms with Crippen molar-refractivity contribution < 1.29 is 24.2 Å². The minimum absolute atomic E-state index is 0.0758. The number of carboxylic acids is 1. The largest absolute Gasteiger partial charge is 0.481 e. The lowest BCUT2D eigenvalue weighted by molar-refractivity contribution is -0.137. The highest BCUT2D eigenvalue weighted by Gasteiger charge is 2.30. The smallest absolute Gasteiger partial charge is 0.407 e. The number of hydrogen-bond acceptors (Lipinski definition) is 7. The maximum atomic E-state index is 12.7. The van der Waals surface area contributed by atoms with Gasteiger partial charge in [0.2, 0.25) is 5.91 Å². The minimum Gasteiger partial charge on any atom is -0.481 e. The van der Waals surface area contributed by atoms with Gasteiger partial charge in [-0.25, -0.2) is 4.79 Å². The fourth-order valence-electron chi connectivity index (χ4n) is 4.05. The SMILES string of the molecule is CC(NC(=O)C(CCC(=O)O)NC(=O)OCC1c2ccccc2-c2ccccc21)c1nn[nH]n1. The van der Waals surface area contributed by atoms with E-state index in [2.05, 4.69) is 31.3 Å². The fraction of sp³-hybridized carbons (Fsp3) is 0.304. The average Bonchev–Trinajstić information content (AvgIpc) is 3.47. The van der Waals surface area contributed by atoms with Crippen molar-refractivity contribution in [3.63, 3.8) is 0 Å². The molecule has 34 heavy (non-hydrogen) atoms. The van der Waals surface area contributed by atoms with Gasteiger partial charge < -0.3 is 20.5 Å². The average molecular weight is 464 g/mol. The molecule has 2 unspecified atom stereocenters. The number of rotatable bonds is 9. The second-order valence-corrected chi connectivity index (χ2v) is 7.96. The van der Waals surface area contributed by atoms with E-state index in [4.69, 9.17) is 9.84 Å². The Labute approximate surface area is 194 Å². The van der Waals surface area contributed by atoms with Crippen molar-refractivity contribution in [2.24, 2.45) is 0 Å². The van der Waals surface area contributed by atoms with Gasteiger partial charge in [-0.2, -0.15) is 5.21 Å². The lowest BCUT2D eigenvalue weighted by Gasteiger charge is -2.20. The van der Waals surface area contributed by atoms with Gasteiger partial charge in [-0.15, -0.1) is 10.2 Å². The third-order valence-electron chi connectivity index (χ3n) is 5.71. The van der Waals surface area contributed by atoms with Crippen LogP contribution in [-0.4, -0.2) is 56.3 Å². The van der Waals surface area contributed by atoms with Crippen LogP contribution in [0.1, 0.15) is 48.7 Å². The Balaban J connectivity index is 1.41. The van der Waals surface area contributed by atoms with Crippen LogP contribution >= 0.6 is 0 Å². The number of carboxylic acid groups (broad SMARTS) is 1. The summed E-state index contributed by atoms with van der Waals surface area (Å²) in [6.07, 6.45) is -1.22. The first kappa shape index (κ1) is 22.9. The fourth-order valence-corrected chi connectivity index (χ4v) is 4.05. The molecule has 11 nitrogen and oxygen atoms in total. The molecule has 1 aliphatic carbocycles. The van der Waals surface area contributed by atoms with Gasteiger partial charge >= 0.3 is 12.1 Å². The zero-order valence-corrected chi connectivity index (χ0v) is 18.4. The summed E-state index contributed by atoms with van der Waals surface area (Å²) in [5, 5.41) is 27.5. The highest BCUT2D eigenvalue weighted by Crippen LogP contribution is 2.44. The summed E-state index contributed by atoms with van der Waals surface area (Å²) in [5.74, 6) is -1.54. The molecular formula is C23H24N6O5. The minimum atomic E-state index is -1.11. The number of carbonyl (C=O) groups is 3. The van der Waals surface area contributed by atoms with Crippen molar-refractivity contribution in [2.45, 2.75) is 37.8 Å². The van der Waals surface area contributed by atoms with Crippen molar-refractivity contribution in [3.8, 4) is 11.1 Å². The molecule has 0 fully saturated rings. The summed E-state index contributed by atoms with van der Waals surface area (Å²) in [5.41, 5.74) is 4.32. The Morgan fingerprint density at radius 1 is 1.06 bits per heavy atom. The second kappa shape index (κ2) is 10.1. The van der Waals surface area contributed by atoms with Gasteiger partial charge in [0.1, 0.15) is 12.6 Å². The Kier molecular flexibility index (Phi) is 6.81. The van der Waals surface area contributed by atoms with Gasteiger partial charge in [-0.05, 0) is 35.6 Å². The number of tetrazole rings is 1. The number of nitrogens with one attached hydrogen (secondary N) is 3. The predicted octanol–water partition coefficient (Wildman–Crippen LogP) is 2.15. The summed E-state index contributed by atoms with van der Waals surface area (Å²) < 4.78 is 5.49. The lowest BCUT2D eigenvalue weighted by Crippen LogP contribution is -2.48. The van der Waals surface area contributed by atoms with Crippen LogP contribution in [0.5, 0.6) is 0 Å². The molecule has 0 saturated heterocycles. The van der Waals surface area contributed by atoms with Crippen LogP contribution in [0.25, 0.3) is 11.1 Å². The summed E-state index contributed by atoms with van der Waals surface area (Å²) in [4.78, 5) is 36.4. The molecule has 11 heteroatoms. The Morgan fingerprint density at radius 2 is 1.71 bits per heavy atom. The lowest BCUT2D eigenvalue weighted by atomic mass is 9.98. The summed E-state index contributed by atoms with van der Waals surface area (Å²) in [6.45, 7) is 1.72. The van der Waals surface area contributed by atoms with Gasteiger partial charge in [-0.1, -0.05) is 53.7 Å². The molecule has 2 amide bonds. The first-order valence-corrected chi connectivity index (χ1v) is 10.8. The molecule has 1 heterocycles. The monoisotopic (exact) mass is 464 g/mol. The van der Waals surface area contributed by atoms with E-state index in [0.29, 0.717) is 0 Å². The molecule has 2 atom stereocenters. The number of fused-ring (bicyclic) bond motifs is 3. The predicted molar refractivity (Wildman–Crippen MR) is 120 cm³/mol. The van der Waals surface area contributed by atoms with Crippen LogP contribution in [0.2, 0.25) is 0 Å². The Morgan fingerprint density at radius 3 is 2.29 bits per heavy atom. The molecule has 3 aromatic rings. The van der Waals surface area contributed by atoms with Crippen LogP contribution in [0.15, 0.2) is 48.5 Å². The van der Waals surface area contributed by atoms with Crippen LogP contribution in [0.3, 0.4) is 0 Å². The first-order valence-electron chi connectivity index (χ1n) is 10.8. The topological polar surface area (TPSA) is 159 Å². The summed E-state index contributed by atoms with van der Waals surface area (Å²) in [6, 6.07) is 14.2. The number of aromatic nitrogens is 4. The van der Waals surface area contributed by atoms with Gasteiger partial charge in [0.05, 0.1) is 6.04 Å². The molecule has 4 rings (SSSR count). The van der Waals surface area contributed by atoms with Crippen molar-refractivity contribution in [1.82, 2.24) is 31.3 Å². The highest BCUT2D eigenvalue weighted by atomic mass is 16.5. The van der Waals surface area contributed by atoms with E-state index in [-0.39, 0.29) is 31.2 Å². The van der Waals surface area contributed by atoms with Gasteiger partial charge in [0.25, 0.3) is 0 Å². The van der Waals surface area contributed by atoms with Gasteiger partial charge in [-0.3, -0.25) is 9.59 Å². The number of H-pyrrole nitrogens is 1. The van der Waals surface area contributed by atoms with Crippen molar-refractivity contribution in [2.75, 3.05) is 6.61 Å². The molecule has 0 spiro atoms. The van der Waals surface area contributed by atoms with Crippen LogP contribution in [-0.2, 0) is 14.3 Å². The number of alkyl carbamates (subject to hydrolysis) is 1. The second-order valence-electron chi connectivity index (χ2n) is 7.96. The van der Waals surface area contributed by atoms with E-state index >= 15 is 0 Å². The maximum absolute atomic E-state index is 12.7. The number of amides is 2. The molecular weight excluding hydrogens is 440 g/mol. The molecule has 1 aliphatic rings. The van der Waals surface area contributed by atoms with Crippen LogP contribution in [0.4, 0.5) is 4.79 Å². The molecule has 0 bridgehead atoms. The number of aliphatic carboxylic acids is 1. The molecule has 0 radical (unpaired) electrons. The zero-order chi connectivity index (χ0) is 24.1. The molecule has 4 N–H and O–H groups in total. The molecule has 2 aromatic carbocycles. The third-order valence-corrected chi connectivity index (χ3v) is 5.71. The number of nitrogens with zero attached hydrogens (tertiary/aromatic N) is 3. The van der Waals surface area contributed by atoms with Crippen molar-refractivity contribution in [1.29, 1.82) is 0 Å². The molecule has 0 aliphatic heterocycles. The molecule has 176 valence electrons. The van der Waals surface area contributed by atoms with Gasteiger partial charge in [0, 0.05) is 12.3 Å². The molecule has 1 aromatic heterocycles. The van der Waals surface area contributed by atoms with Crippen molar-refractivity contribution in [3.05, 3.63) is 65.5 Å². The van der Waals surface area contributed by atoms with Crippen molar-refractivity contribution >= 4 is 18.0 Å². The summed E-state index contributed by atoms with van der Waals surface area (Å²) in [7, 11) is 0. The quantitative estimate of drug-likeness (QED) is 0.375.